The van der Waals surface area contributed by atoms with Gasteiger partial charge in [-0.1, -0.05) is 17.7 Å². The maximum absolute atomic E-state index is 13.4. The summed E-state index contributed by atoms with van der Waals surface area (Å²) in [5.74, 6) is 0.700. The van der Waals surface area contributed by atoms with E-state index in [0.717, 1.165) is 26.9 Å². The zero-order valence-corrected chi connectivity index (χ0v) is 16.1. The Balaban J connectivity index is 1.77. The van der Waals surface area contributed by atoms with E-state index in [-0.39, 0.29) is 5.02 Å². The van der Waals surface area contributed by atoms with Gasteiger partial charge >= 0.3 is 0 Å². The highest BCUT2D eigenvalue weighted by Gasteiger charge is 2.14. The van der Waals surface area contributed by atoms with Gasteiger partial charge in [-0.05, 0) is 36.4 Å². The fourth-order valence-corrected chi connectivity index (χ4v) is 3.99. The second-order valence-corrected chi connectivity index (χ2v) is 7.32. The molecule has 0 radical (unpaired) electrons. The van der Waals surface area contributed by atoms with Gasteiger partial charge in [0.05, 0.1) is 17.5 Å². The quantitative estimate of drug-likeness (QED) is 0.424. The van der Waals surface area contributed by atoms with Crippen LogP contribution in [-0.4, -0.2) is 23.4 Å². The Bertz CT molecular complexity index is 1200. The molecule has 2 aromatic heterocycles. The van der Waals surface area contributed by atoms with Gasteiger partial charge in [0.15, 0.2) is 0 Å². The van der Waals surface area contributed by atoms with Crippen molar-refractivity contribution in [3.05, 3.63) is 65.2 Å². The van der Waals surface area contributed by atoms with Gasteiger partial charge in [-0.3, -0.25) is 4.79 Å². The average molecular weight is 414 g/mol. The number of carbonyl (C=O) groups is 1. The summed E-state index contributed by atoms with van der Waals surface area (Å²) >= 11 is 7.33. The highest BCUT2D eigenvalue weighted by atomic mass is 35.5. The summed E-state index contributed by atoms with van der Waals surface area (Å²) in [6.07, 6.45) is 2.24. The monoisotopic (exact) mass is 413 g/mol. The fraction of sp³-hybridized carbons (Fsp3) is 0.0500. The van der Waals surface area contributed by atoms with Gasteiger partial charge < -0.3 is 10.1 Å². The molecular weight excluding hydrogens is 401 g/mol. The van der Waals surface area contributed by atoms with Gasteiger partial charge in [-0.25, -0.2) is 14.4 Å². The molecule has 5 nitrogen and oxygen atoms in total. The largest absolute Gasteiger partial charge is 0.496 e. The summed E-state index contributed by atoms with van der Waals surface area (Å²) in [6.45, 7) is 0. The van der Waals surface area contributed by atoms with Crippen LogP contribution in [0.2, 0.25) is 5.02 Å². The van der Waals surface area contributed by atoms with Crippen molar-refractivity contribution in [3.8, 4) is 16.2 Å². The molecule has 0 unspecified atom stereocenters. The molecule has 1 N–H and O–H groups in total. The number of hydrogen-bond donors (Lipinski definition) is 1. The molecule has 4 rings (SSSR count). The molecule has 0 aliphatic rings. The normalized spacial score (nSPS) is 10.8. The van der Waals surface area contributed by atoms with E-state index in [1.54, 1.807) is 25.3 Å². The lowest BCUT2D eigenvalue weighted by atomic mass is 10.1. The van der Waals surface area contributed by atoms with Crippen LogP contribution in [0.3, 0.4) is 0 Å². The Kier molecular flexibility index (Phi) is 4.93. The summed E-state index contributed by atoms with van der Waals surface area (Å²) in [4.78, 5) is 21.4. The zero-order valence-electron chi connectivity index (χ0n) is 14.6. The molecule has 2 heterocycles. The lowest BCUT2D eigenvalue weighted by molar-refractivity contribution is 0.112. The number of carbonyl (C=O) groups excluding carboxylic acids is 1. The predicted octanol–water partition coefficient (Wildman–Crippen LogP) is 5.72. The molecule has 0 fully saturated rings. The van der Waals surface area contributed by atoms with Crippen molar-refractivity contribution in [2.75, 3.05) is 12.4 Å². The number of hydrogen-bond acceptors (Lipinski definition) is 6. The van der Waals surface area contributed by atoms with Crippen LogP contribution >= 0.6 is 22.9 Å². The van der Waals surface area contributed by atoms with Gasteiger partial charge in [0, 0.05) is 21.7 Å². The SMILES string of the molecule is COc1cc(C=O)ccc1-c1cc2c(Nc3ccc(F)c(Cl)c3)ncnc2s1. The Labute approximate surface area is 168 Å². The molecule has 0 spiro atoms. The van der Waals surface area contributed by atoms with Crippen LogP contribution in [0.5, 0.6) is 5.75 Å². The summed E-state index contributed by atoms with van der Waals surface area (Å²) in [5, 5.41) is 3.99. The molecule has 0 saturated carbocycles. The van der Waals surface area contributed by atoms with E-state index in [4.69, 9.17) is 16.3 Å². The molecule has 28 heavy (non-hydrogen) atoms. The molecule has 0 aliphatic carbocycles. The third kappa shape index (κ3) is 3.42. The van der Waals surface area contributed by atoms with E-state index in [1.165, 1.54) is 29.8 Å². The predicted molar refractivity (Wildman–Crippen MR) is 109 cm³/mol. The van der Waals surface area contributed by atoms with Crippen LogP contribution in [0.4, 0.5) is 15.9 Å². The number of nitrogens with one attached hydrogen (secondary N) is 1. The first-order valence-corrected chi connectivity index (χ1v) is 9.38. The van der Waals surface area contributed by atoms with Crippen LogP contribution in [0.1, 0.15) is 10.4 Å². The van der Waals surface area contributed by atoms with Gasteiger partial charge in [-0.15, -0.1) is 11.3 Å². The highest BCUT2D eigenvalue weighted by Crippen LogP contribution is 2.40. The molecule has 2 aromatic carbocycles. The van der Waals surface area contributed by atoms with Crippen molar-refractivity contribution in [1.29, 1.82) is 0 Å². The first-order valence-electron chi connectivity index (χ1n) is 8.19. The minimum atomic E-state index is -0.483. The van der Waals surface area contributed by atoms with Gasteiger partial charge in [0.1, 0.15) is 34.8 Å². The third-order valence-corrected chi connectivity index (χ3v) is 5.50. The number of thiophene rings is 1. The lowest BCUT2D eigenvalue weighted by Crippen LogP contribution is -1.95. The van der Waals surface area contributed by atoms with E-state index >= 15 is 0 Å². The number of aromatic nitrogens is 2. The molecule has 8 heteroatoms. The van der Waals surface area contributed by atoms with Crippen molar-refractivity contribution in [3.63, 3.8) is 0 Å². The maximum atomic E-state index is 13.4. The second-order valence-electron chi connectivity index (χ2n) is 5.88. The number of rotatable bonds is 5. The van der Waals surface area contributed by atoms with E-state index in [1.807, 2.05) is 12.1 Å². The van der Waals surface area contributed by atoms with Crippen molar-refractivity contribution in [1.82, 2.24) is 9.97 Å². The summed E-state index contributed by atoms with van der Waals surface area (Å²) in [6, 6.07) is 11.6. The molecule has 140 valence electrons. The molecule has 0 amide bonds. The smallest absolute Gasteiger partial charge is 0.150 e. The Morgan fingerprint density at radius 3 is 2.79 bits per heavy atom. The number of benzene rings is 2. The van der Waals surface area contributed by atoms with Crippen molar-refractivity contribution < 1.29 is 13.9 Å². The van der Waals surface area contributed by atoms with E-state index in [9.17, 15) is 9.18 Å². The molecule has 0 bridgehead atoms. The Morgan fingerprint density at radius 2 is 2.04 bits per heavy atom. The molecule has 0 saturated heterocycles. The van der Waals surface area contributed by atoms with Crippen molar-refractivity contribution in [2.45, 2.75) is 0 Å². The number of fused-ring (bicyclic) bond motifs is 1. The minimum Gasteiger partial charge on any atom is -0.496 e. The van der Waals surface area contributed by atoms with Crippen LogP contribution in [0.15, 0.2) is 48.8 Å². The number of anilines is 2. The van der Waals surface area contributed by atoms with Gasteiger partial charge in [-0.2, -0.15) is 0 Å². The van der Waals surface area contributed by atoms with Gasteiger partial charge in [0.2, 0.25) is 0 Å². The Hall–Kier alpha value is -3.03. The zero-order chi connectivity index (χ0) is 19.7. The van der Waals surface area contributed by atoms with E-state index < -0.39 is 5.82 Å². The molecule has 0 atom stereocenters. The first kappa shape index (κ1) is 18.3. The molecule has 0 aliphatic heterocycles. The van der Waals surface area contributed by atoms with Crippen LogP contribution in [0, 0.1) is 5.82 Å². The first-order chi connectivity index (χ1) is 13.6. The van der Waals surface area contributed by atoms with Crippen molar-refractivity contribution in [2.24, 2.45) is 0 Å². The summed E-state index contributed by atoms with van der Waals surface area (Å²) in [5.41, 5.74) is 2.01. The molecule has 4 aromatic rings. The number of nitrogens with zero attached hydrogens (tertiary/aromatic N) is 2. The van der Waals surface area contributed by atoms with Gasteiger partial charge in [0.25, 0.3) is 0 Å². The van der Waals surface area contributed by atoms with Crippen LogP contribution in [-0.2, 0) is 0 Å². The van der Waals surface area contributed by atoms with E-state index in [0.29, 0.717) is 22.8 Å². The van der Waals surface area contributed by atoms with Crippen molar-refractivity contribution >= 4 is 50.9 Å². The average Bonchev–Trinajstić information content (AvgIpc) is 3.15. The number of halogens is 2. The highest BCUT2D eigenvalue weighted by molar-refractivity contribution is 7.22. The maximum Gasteiger partial charge on any atom is 0.150 e. The Morgan fingerprint density at radius 1 is 1.18 bits per heavy atom. The van der Waals surface area contributed by atoms with Crippen LogP contribution in [0.25, 0.3) is 20.7 Å². The fourth-order valence-electron chi connectivity index (χ4n) is 2.78. The topological polar surface area (TPSA) is 64.1 Å². The lowest BCUT2D eigenvalue weighted by Gasteiger charge is -2.07. The molecular formula is C20H13ClFN3O2S. The number of methoxy groups -OCH3 is 1. The summed E-state index contributed by atoms with van der Waals surface area (Å²) < 4.78 is 18.8. The third-order valence-electron chi connectivity index (χ3n) is 4.14. The van der Waals surface area contributed by atoms with E-state index in [2.05, 4.69) is 15.3 Å². The number of aldehydes is 1. The standard InChI is InChI=1S/C20H13ClFN3O2S/c1-27-17-6-11(9-26)2-4-13(17)18-8-14-19(23-10-24-20(14)28-18)25-12-3-5-16(22)15(21)7-12/h2-10H,1H3,(H,23,24,25). The number of ether oxygens (including phenoxy) is 1. The van der Waals surface area contributed by atoms with Crippen LogP contribution < -0.4 is 10.1 Å². The minimum absolute atomic E-state index is 0.0290. The summed E-state index contributed by atoms with van der Waals surface area (Å²) in [7, 11) is 1.56. The second kappa shape index (κ2) is 7.53.